The van der Waals surface area contributed by atoms with Crippen LogP contribution in [0.15, 0.2) is 77.8 Å². The lowest BCUT2D eigenvalue weighted by atomic mass is 10.2. The van der Waals surface area contributed by atoms with E-state index >= 15 is 0 Å². The molecule has 0 aliphatic heterocycles. The first-order valence-electron chi connectivity index (χ1n) is 7.59. The molecule has 0 heterocycles. The van der Waals surface area contributed by atoms with Crippen LogP contribution >= 0.6 is 8.58 Å². The summed E-state index contributed by atoms with van der Waals surface area (Å²) in [4.78, 5) is 4.53. The monoisotopic (exact) mass is 335 g/mol. The van der Waals surface area contributed by atoms with Gasteiger partial charge in [-0.2, -0.15) is 0 Å². The molecule has 0 aliphatic rings. The van der Waals surface area contributed by atoms with Gasteiger partial charge in [0, 0.05) is 17.1 Å². The molecule has 3 aromatic rings. The quantitative estimate of drug-likeness (QED) is 0.569. The minimum Gasteiger partial charge on any atom is -0.504 e. The highest BCUT2D eigenvalue weighted by Crippen LogP contribution is 2.28. The summed E-state index contributed by atoms with van der Waals surface area (Å²) >= 11 is 0. The molecule has 3 aromatic carbocycles. The van der Waals surface area contributed by atoms with Crippen molar-refractivity contribution in [3.05, 3.63) is 78.4 Å². The third-order valence-corrected chi connectivity index (χ3v) is 4.96. The maximum absolute atomic E-state index is 10.3. The van der Waals surface area contributed by atoms with E-state index in [-0.39, 0.29) is 5.75 Å². The normalized spacial score (nSPS) is 11.4. The van der Waals surface area contributed by atoms with Gasteiger partial charge in [-0.15, -0.1) is 0 Å². The van der Waals surface area contributed by atoms with Crippen molar-refractivity contribution < 1.29 is 9.84 Å². The number of benzene rings is 3. The van der Waals surface area contributed by atoms with Crippen molar-refractivity contribution in [1.82, 2.24) is 0 Å². The lowest BCUT2D eigenvalue weighted by molar-refractivity contribution is 0.375. The number of hydrogen-bond donors (Lipinski definition) is 1. The van der Waals surface area contributed by atoms with Gasteiger partial charge in [-0.1, -0.05) is 63.2 Å². The van der Waals surface area contributed by atoms with Crippen LogP contribution in [0.2, 0.25) is 0 Å². The van der Waals surface area contributed by atoms with Crippen LogP contribution in [0.1, 0.15) is 5.56 Å². The SMILES string of the molecule is COc1cccc(Pc2ccccc2C=Nc2ccccc2)c1O. The number of ether oxygens (including phenoxy) is 1. The van der Waals surface area contributed by atoms with E-state index < -0.39 is 0 Å². The zero-order valence-corrected chi connectivity index (χ0v) is 14.3. The molecule has 0 bridgehead atoms. The standard InChI is InChI=1S/C20H18NO2P/c1-23-17-11-7-13-19(20(17)22)24-18-12-6-5-8-15(18)14-21-16-9-3-2-4-10-16/h2-14,22,24H,1H3. The lowest BCUT2D eigenvalue weighted by Gasteiger charge is -2.10. The van der Waals surface area contributed by atoms with Crippen LogP contribution < -0.4 is 15.3 Å². The molecule has 4 heteroatoms. The Morgan fingerprint density at radius 2 is 1.58 bits per heavy atom. The minimum absolute atomic E-state index is 0.202. The van der Waals surface area contributed by atoms with Gasteiger partial charge in [-0.05, 0) is 23.5 Å². The Morgan fingerprint density at radius 1 is 0.875 bits per heavy atom. The third kappa shape index (κ3) is 3.81. The van der Waals surface area contributed by atoms with Crippen LogP contribution in [0, 0.1) is 0 Å². The zero-order chi connectivity index (χ0) is 16.8. The molecule has 3 rings (SSSR count). The molecule has 0 fully saturated rings. The van der Waals surface area contributed by atoms with Gasteiger partial charge in [-0.3, -0.25) is 4.99 Å². The number of aliphatic imine (C=N–C) groups is 1. The molecule has 1 N–H and O–H groups in total. The van der Waals surface area contributed by atoms with Crippen LogP contribution in [0.3, 0.4) is 0 Å². The second-order valence-corrected chi connectivity index (χ2v) is 6.49. The van der Waals surface area contributed by atoms with E-state index in [0.717, 1.165) is 21.9 Å². The van der Waals surface area contributed by atoms with E-state index in [9.17, 15) is 5.11 Å². The highest BCUT2D eigenvalue weighted by atomic mass is 31.1. The Kier molecular flexibility index (Phi) is 5.25. The van der Waals surface area contributed by atoms with Crippen LogP contribution in [0.5, 0.6) is 11.5 Å². The van der Waals surface area contributed by atoms with Gasteiger partial charge >= 0.3 is 0 Å². The van der Waals surface area contributed by atoms with E-state index in [4.69, 9.17) is 4.74 Å². The molecule has 1 unspecified atom stereocenters. The van der Waals surface area contributed by atoms with Gasteiger partial charge in [0.15, 0.2) is 11.5 Å². The number of nitrogens with zero attached hydrogens (tertiary/aromatic N) is 1. The van der Waals surface area contributed by atoms with E-state index in [1.54, 1.807) is 13.2 Å². The molecule has 24 heavy (non-hydrogen) atoms. The van der Waals surface area contributed by atoms with Gasteiger partial charge in [-0.25, -0.2) is 0 Å². The number of methoxy groups -OCH3 is 1. The first-order valence-corrected chi connectivity index (χ1v) is 8.59. The summed E-state index contributed by atoms with van der Waals surface area (Å²) in [6.07, 6.45) is 1.87. The lowest BCUT2D eigenvalue weighted by Crippen LogP contribution is -2.09. The summed E-state index contributed by atoms with van der Waals surface area (Å²) in [5.41, 5.74) is 1.96. The summed E-state index contributed by atoms with van der Waals surface area (Å²) in [5, 5.41) is 12.3. The maximum Gasteiger partial charge on any atom is 0.165 e. The number of phenolic OH excluding ortho intramolecular Hbond substituents is 1. The molecular formula is C20H18NO2P. The molecule has 0 radical (unpaired) electrons. The van der Waals surface area contributed by atoms with Crippen LogP contribution in [0.4, 0.5) is 5.69 Å². The molecule has 0 saturated carbocycles. The number of para-hydroxylation sites is 2. The Balaban J connectivity index is 1.89. The van der Waals surface area contributed by atoms with Gasteiger partial charge in [0.05, 0.1) is 12.8 Å². The van der Waals surface area contributed by atoms with Crippen LogP contribution in [-0.2, 0) is 0 Å². The van der Waals surface area contributed by atoms with Crippen molar-refractivity contribution in [2.45, 2.75) is 0 Å². The molecule has 0 spiro atoms. The number of phenols is 1. The predicted octanol–water partition coefficient (Wildman–Crippen LogP) is 3.78. The largest absolute Gasteiger partial charge is 0.504 e. The summed E-state index contributed by atoms with van der Waals surface area (Å²) < 4.78 is 5.19. The van der Waals surface area contributed by atoms with Crippen molar-refractivity contribution in [2.24, 2.45) is 4.99 Å². The van der Waals surface area contributed by atoms with E-state index in [1.165, 1.54) is 0 Å². The molecule has 0 aromatic heterocycles. The fourth-order valence-corrected chi connectivity index (χ4v) is 3.50. The summed E-state index contributed by atoms with van der Waals surface area (Å²) in [6, 6.07) is 23.5. The molecular weight excluding hydrogens is 317 g/mol. The van der Waals surface area contributed by atoms with Crippen molar-refractivity contribution >= 4 is 31.1 Å². The van der Waals surface area contributed by atoms with Crippen LogP contribution in [0.25, 0.3) is 0 Å². The van der Waals surface area contributed by atoms with Gasteiger partial charge in [0.2, 0.25) is 0 Å². The zero-order valence-electron chi connectivity index (χ0n) is 13.3. The Hall–Kier alpha value is -2.64. The number of rotatable bonds is 5. The first-order chi connectivity index (χ1) is 11.8. The van der Waals surface area contributed by atoms with Crippen molar-refractivity contribution in [1.29, 1.82) is 0 Å². The second kappa shape index (κ2) is 7.76. The fraction of sp³-hybridized carbons (Fsp3) is 0.0500. The maximum atomic E-state index is 10.3. The predicted molar refractivity (Wildman–Crippen MR) is 102 cm³/mol. The molecule has 0 amide bonds. The molecule has 1 atom stereocenters. The highest BCUT2D eigenvalue weighted by Gasteiger charge is 2.09. The Morgan fingerprint density at radius 3 is 2.38 bits per heavy atom. The highest BCUT2D eigenvalue weighted by molar-refractivity contribution is 7.56. The molecule has 3 nitrogen and oxygen atoms in total. The Labute approximate surface area is 143 Å². The van der Waals surface area contributed by atoms with Crippen molar-refractivity contribution in [3.63, 3.8) is 0 Å². The van der Waals surface area contributed by atoms with Gasteiger partial charge in [0.25, 0.3) is 0 Å². The molecule has 0 saturated heterocycles. The van der Waals surface area contributed by atoms with Crippen LogP contribution in [-0.4, -0.2) is 18.4 Å². The average Bonchev–Trinajstić information content (AvgIpc) is 2.63. The van der Waals surface area contributed by atoms with Gasteiger partial charge in [0.1, 0.15) is 0 Å². The number of hydrogen-bond acceptors (Lipinski definition) is 3. The smallest absolute Gasteiger partial charge is 0.165 e. The van der Waals surface area contributed by atoms with E-state index in [0.29, 0.717) is 14.3 Å². The fourth-order valence-electron chi connectivity index (χ4n) is 2.31. The summed E-state index contributed by atoms with van der Waals surface area (Å²) in [5.74, 6) is 0.698. The minimum atomic E-state index is 0.202. The number of aromatic hydroxyl groups is 1. The third-order valence-electron chi connectivity index (χ3n) is 3.56. The van der Waals surface area contributed by atoms with Crippen molar-refractivity contribution in [3.8, 4) is 11.5 Å². The Bertz CT molecular complexity index is 847. The van der Waals surface area contributed by atoms with Gasteiger partial charge < -0.3 is 9.84 Å². The molecule has 120 valence electrons. The molecule has 0 aliphatic carbocycles. The second-order valence-electron chi connectivity index (χ2n) is 5.16. The van der Waals surface area contributed by atoms with E-state index in [2.05, 4.69) is 11.1 Å². The summed E-state index contributed by atoms with van der Waals surface area (Å²) in [7, 11) is 1.88. The van der Waals surface area contributed by atoms with E-state index in [1.807, 2.05) is 66.9 Å². The first kappa shape index (κ1) is 16.2. The topological polar surface area (TPSA) is 41.8 Å². The summed E-state index contributed by atoms with van der Waals surface area (Å²) in [6.45, 7) is 0. The average molecular weight is 335 g/mol. The van der Waals surface area contributed by atoms with Crippen molar-refractivity contribution in [2.75, 3.05) is 7.11 Å².